The zero-order valence-corrected chi connectivity index (χ0v) is 13.9. The molecule has 0 aromatic rings. The van der Waals surface area contributed by atoms with Gasteiger partial charge < -0.3 is 5.32 Å². The molecule has 1 rings (SSSR count). The minimum Gasteiger partial charge on any atom is -0.308 e. The minimum atomic E-state index is -2.92. The number of nitrogens with zero attached hydrogens (tertiary/aromatic N) is 1. The fraction of sp³-hybridized carbons (Fsp3) is 1.00. The maximum atomic E-state index is 11.5. The Kier molecular flexibility index (Phi) is 5.83. The molecule has 2 atom stereocenters. The third-order valence-corrected chi connectivity index (χ3v) is 5.69. The molecule has 1 aliphatic heterocycles. The van der Waals surface area contributed by atoms with E-state index in [4.69, 9.17) is 0 Å². The van der Waals surface area contributed by atoms with Crippen LogP contribution < -0.4 is 5.32 Å². The van der Waals surface area contributed by atoms with Gasteiger partial charge in [-0.2, -0.15) is 0 Å². The highest BCUT2D eigenvalue weighted by Crippen LogP contribution is 2.25. The van der Waals surface area contributed by atoms with Crippen molar-refractivity contribution in [1.82, 2.24) is 10.2 Å². The molecular weight excluding hydrogens is 260 g/mol. The van der Waals surface area contributed by atoms with Crippen molar-refractivity contribution in [2.45, 2.75) is 64.6 Å². The smallest absolute Gasteiger partial charge is 0.148 e. The molecule has 0 radical (unpaired) electrons. The van der Waals surface area contributed by atoms with Gasteiger partial charge in [0.25, 0.3) is 0 Å². The van der Waals surface area contributed by atoms with Crippen LogP contribution in [0.5, 0.6) is 0 Å². The maximum absolute atomic E-state index is 11.5. The average Bonchev–Trinajstić information content (AvgIpc) is 2.36. The lowest BCUT2D eigenvalue weighted by molar-refractivity contribution is 0.0473. The van der Waals surface area contributed by atoms with E-state index in [-0.39, 0.29) is 17.3 Å². The first kappa shape index (κ1) is 16.9. The second kappa shape index (κ2) is 6.55. The van der Waals surface area contributed by atoms with Crippen molar-refractivity contribution >= 4 is 9.84 Å². The van der Waals surface area contributed by atoms with Gasteiger partial charge in [0.2, 0.25) is 0 Å². The predicted octanol–water partition coefficient (Wildman–Crippen LogP) is 1.66. The van der Waals surface area contributed by atoms with E-state index >= 15 is 0 Å². The molecule has 1 N–H and O–H groups in total. The van der Waals surface area contributed by atoms with Gasteiger partial charge in [-0.15, -0.1) is 0 Å². The monoisotopic (exact) mass is 290 g/mol. The van der Waals surface area contributed by atoms with Gasteiger partial charge in [-0.25, -0.2) is 8.42 Å². The molecule has 1 aliphatic rings. The molecular formula is C14H30N2O2S. The van der Waals surface area contributed by atoms with Crippen LogP contribution in [-0.4, -0.2) is 56.0 Å². The summed E-state index contributed by atoms with van der Waals surface area (Å²) in [5.74, 6) is 0.257. The topological polar surface area (TPSA) is 49.4 Å². The first-order chi connectivity index (χ1) is 8.77. The third-order valence-electron chi connectivity index (χ3n) is 4.60. The summed E-state index contributed by atoms with van der Waals surface area (Å²) in [5, 5.41) is 3.69. The number of hydrogen-bond donors (Lipinski definition) is 1. The second-order valence-electron chi connectivity index (χ2n) is 6.04. The van der Waals surface area contributed by atoms with Crippen LogP contribution in [0.4, 0.5) is 0 Å². The Bertz CT molecular complexity index is 377. The van der Waals surface area contributed by atoms with Crippen molar-refractivity contribution in [2.75, 3.05) is 25.1 Å². The van der Waals surface area contributed by atoms with Crippen molar-refractivity contribution < 1.29 is 8.42 Å². The summed E-state index contributed by atoms with van der Waals surface area (Å²) in [6.07, 6.45) is 4.56. The van der Waals surface area contributed by atoms with Gasteiger partial charge in [0.05, 0.1) is 5.75 Å². The van der Waals surface area contributed by atoms with E-state index in [1.54, 1.807) is 0 Å². The van der Waals surface area contributed by atoms with Crippen molar-refractivity contribution in [1.29, 1.82) is 0 Å². The normalized spacial score (nSPS) is 26.3. The molecule has 0 amide bonds. The van der Waals surface area contributed by atoms with Gasteiger partial charge in [0, 0.05) is 37.0 Å². The summed E-state index contributed by atoms with van der Waals surface area (Å²) in [6, 6.07) is 0.544. The summed E-state index contributed by atoms with van der Waals surface area (Å²) >= 11 is 0. The fourth-order valence-corrected chi connectivity index (χ4v) is 4.21. The summed E-state index contributed by atoms with van der Waals surface area (Å²) in [7, 11) is -2.92. The van der Waals surface area contributed by atoms with Crippen molar-refractivity contribution in [3.05, 3.63) is 0 Å². The van der Waals surface area contributed by atoms with Crippen LogP contribution >= 0.6 is 0 Å². The summed E-state index contributed by atoms with van der Waals surface area (Å²) in [6.45, 7) is 10.6. The second-order valence-corrected chi connectivity index (χ2v) is 8.23. The Hall–Kier alpha value is -0.130. The highest BCUT2D eigenvalue weighted by atomic mass is 32.2. The zero-order chi connectivity index (χ0) is 14.7. The molecule has 114 valence electrons. The molecule has 1 fully saturated rings. The molecule has 0 saturated carbocycles. The third kappa shape index (κ3) is 4.43. The Morgan fingerprint density at radius 1 is 1.32 bits per heavy atom. The molecule has 0 bridgehead atoms. The van der Waals surface area contributed by atoms with E-state index < -0.39 is 9.84 Å². The number of piperazine rings is 1. The number of nitrogens with one attached hydrogen (secondary N) is 1. The Morgan fingerprint density at radius 3 is 2.32 bits per heavy atom. The summed E-state index contributed by atoms with van der Waals surface area (Å²) in [5.41, 5.74) is 0.150. The lowest BCUT2D eigenvalue weighted by atomic mass is 9.87. The Labute approximate surface area is 118 Å². The van der Waals surface area contributed by atoms with Crippen LogP contribution in [0, 0.1) is 0 Å². The molecule has 0 aromatic heterocycles. The minimum absolute atomic E-state index is 0.0968. The van der Waals surface area contributed by atoms with Gasteiger partial charge in [-0.05, 0) is 26.2 Å². The quantitative estimate of drug-likeness (QED) is 0.808. The van der Waals surface area contributed by atoms with E-state index in [9.17, 15) is 8.42 Å². The van der Waals surface area contributed by atoms with Crippen LogP contribution in [0.2, 0.25) is 0 Å². The summed E-state index contributed by atoms with van der Waals surface area (Å²) < 4.78 is 23.1. The molecule has 2 unspecified atom stereocenters. The van der Waals surface area contributed by atoms with Crippen LogP contribution in [0.1, 0.15) is 47.0 Å². The molecule has 0 aromatic carbocycles. The van der Waals surface area contributed by atoms with Gasteiger partial charge in [-0.1, -0.05) is 20.8 Å². The Morgan fingerprint density at radius 2 is 1.89 bits per heavy atom. The van der Waals surface area contributed by atoms with E-state index in [0.717, 1.165) is 32.4 Å². The molecule has 19 heavy (non-hydrogen) atoms. The van der Waals surface area contributed by atoms with Gasteiger partial charge in [0.15, 0.2) is 0 Å². The first-order valence-corrected chi connectivity index (χ1v) is 9.51. The van der Waals surface area contributed by atoms with Crippen LogP contribution in [0.25, 0.3) is 0 Å². The van der Waals surface area contributed by atoms with Gasteiger partial charge in [-0.3, -0.25) is 4.90 Å². The molecule has 1 heterocycles. The lowest BCUT2D eigenvalue weighted by Gasteiger charge is -2.49. The standard InChI is InChI=1S/C14H30N2O2S/c1-6-13-9-15-14(7-2,8-3)11-16(13)12(4)10-19(5,17)18/h12-13,15H,6-11H2,1-5H3. The van der Waals surface area contributed by atoms with E-state index in [1.165, 1.54) is 6.26 Å². The van der Waals surface area contributed by atoms with E-state index in [1.807, 2.05) is 6.92 Å². The first-order valence-electron chi connectivity index (χ1n) is 7.45. The fourth-order valence-electron chi connectivity index (χ4n) is 3.14. The van der Waals surface area contributed by atoms with E-state index in [0.29, 0.717) is 6.04 Å². The molecule has 4 nitrogen and oxygen atoms in total. The van der Waals surface area contributed by atoms with Gasteiger partial charge >= 0.3 is 0 Å². The van der Waals surface area contributed by atoms with Crippen molar-refractivity contribution in [3.63, 3.8) is 0 Å². The van der Waals surface area contributed by atoms with Crippen molar-refractivity contribution in [3.8, 4) is 0 Å². The van der Waals surface area contributed by atoms with Crippen molar-refractivity contribution in [2.24, 2.45) is 0 Å². The highest BCUT2D eigenvalue weighted by molar-refractivity contribution is 7.90. The lowest BCUT2D eigenvalue weighted by Crippen LogP contribution is -2.66. The SMILES string of the molecule is CCC1CNC(CC)(CC)CN1C(C)CS(C)(=O)=O. The largest absolute Gasteiger partial charge is 0.308 e. The number of sulfone groups is 1. The molecule has 1 saturated heterocycles. The Balaban J connectivity index is 2.85. The average molecular weight is 290 g/mol. The number of hydrogen-bond acceptors (Lipinski definition) is 4. The maximum Gasteiger partial charge on any atom is 0.148 e. The predicted molar refractivity (Wildman–Crippen MR) is 81.3 cm³/mol. The van der Waals surface area contributed by atoms with E-state index in [2.05, 4.69) is 31.0 Å². The zero-order valence-electron chi connectivity index (χ0n) is 13.1. The molecule has 5 heteroatoms. The van der Waals surface area contributed by atoms with Crippen LogP contribution in [0.15, 0.2) is 0 Å². The van der Waals surface area contributed by atoms with Crippen LogP contribution in [-0.2, 0) is 9.84 Å². The van der Waals surface area contributed by atoms with Crippen LogP contribution in [0.3, 0.4) is 0 Å². The highest BCUT2D eigenvalue weighted by Gasteiger charge is 2.38. The molecule has 0 aliphatic carbocycles. The van der Waals surface area contributed by atoms with Gasteiger partial charge in [0.1, 0.15) is 9.84 Å². The number of rotatable bonds is 6. The summed E-state index contributed by atoms with van der Waals surface area (Å²) in [4.78, 5) is 2.41. The molecule has 0 spiro atoms.